The SMILES string of the molecule is N#Cc1cccc(S(=O)(=O)N2CCc3cc(C(=O)O)ccc32)c1. The maximum absolute atomic E-state index is 12.8. The van der Waals surface area contributed by atoms with Crippen LogP contribution in [0.5, 0.6) is 0 Å². The summed E-state index contributed by atoms with van der Waals surface area (Å²) in [6.07, 6.45) is 0.452. The molecule has 3 rings (SSSR count). The first-order valence-electron chi connectivity index (χ1n) is 6.82. The number of carboxylic acid groups (broad SMARTS) is 1. The van der Waals surface area contributed by atoms with Crippen LogP contribution >= 0.6 is 0 Å². The molecule has 6 nitrogen and oxygen atoms in total. The van der Waals surface area contributed by atoms with Crippen LogP contribution < -0.4 is 4.31 Å². The lowest BCUT2D eigenvalue weighted by molar-refractivity contribution is 0.0697. The summed E-state index contributed by atoms with van der Waals surface area (Å²) in [5, 5.41) is 17.9. The molecule has 0 unspecified atom stereocenters. The number of hydrogen-bond donors (Lipinski definition) is 1. The molecule has 0 spiro atoms. The number of aromatic carboxylic acids is 1. The Labute approximate surface area is 133 Å². The van der Waals surface area contributed by atoms with Gasteiger partial charge in [-0.15, -0.1) is 0 Å². The van der Waals surface area contributed by atoms with Crippen LogP contribution in [0.25, 0.3) is 0 Å². The first-order valence-corrected chi connectivity index (χ1v) is 8.26. The van der Waals surface area contributed by atoms with E-state index < -0.39 is 16.0 Å². The minimum atomic E-state index is -3.78. The number of anilines is 1. The summed E-state index contributed by atoms with van der Waals surface area (Å²) in [7, 11) is -3.78. The lowest BCUT2D eigenvalue weighted by atomic mass is 10.1. The Morgan fingerprint density at radius 2 is 2.00 bits per heavy atom. The Balaban J connectivity index is 2.04. The first-order chi connectivity index (χ1) is 10.9. The third-order valence-corrected chi connectivity index (χ3v) is 5.54. The van der Waals surface area contributed by atoms with E-state index in [1.54, 1.807) is 0 Å². The molecule has 1 aliphatic rings. The lowest BCUT2D eigenvalue weighted by Gasteiger charge is -2.19. The molecule has 0 amide bonds. The van der Waals surface area contributed by atoms with Crippen molar-refractivity contribution in [2.75, 3.05) is 10.8 Å². The highest BCUT2D eigenvalue weighted by atomic mass is 32.2. The van der Waals surface area contributed by atoms with E-state index in [1.807, 2.05) is 6.07 Å². The van der Waals surface area contributed by atoms with Crippen LogP contribution in [-0.4, -0.2) is 26.0 Å². The van der Waals surface area contributed by atoms with Gasteiger partial charge in [-0.05, 0) is 48.4 Å². The molecule has 2 aromatic rings. The van der Waals surface area contributed by atoms with E-state index in [2.05, 4.69) is 0 Å². The smallest absolute Gasteiger partial charge is 0.335 e. The monoisotopic (exact) mass is 328 g/mol. The van der Waals surface area contributed by atoms with Crippen molar-refractivity contribution in [3.8, 4) is 6.07 Å². The summed E-state index contributed by atoms with van der Waals surface area (Å²) in [4.78, 5) is 11.1. The van der Waals surface area contributed by atoms with Gasteiger partial charge in [0.05, 0.1) is 27.8 Å². The largest absolute Gasteiger partial charge is 0.478 e. The molecule has 2 aromatic carbocycles. The lowest BCUT2D eigenvalue weighted by Crippen LogP contribution is -2.29. The molecule has 0 fully saturated rings. The van der Waals surface area contributed by atoms with E-state index >= 15 is 0 Å². The van der Waals surface area contributed by atoms with Gasteiger partial charge in [0.1, 0.15) is 0 Å². The zero-order valence-corrected chi connectivity index (χ0v) is 12.7. The molecule has 0 saturated heterocycles. The van der Waals surface area contributed by atoms with Gasteiger partial charge < -0.3 is 5.11 Å². The van der Waals surface area contributed by atoms with E-state index in [1.165, 1.54) is 46.8 Å². The second-order valence-corrected chi connectivity index (χ2v) is 6.98. The van der Waals surface area contributed by atoms with Crippen molar-refractivity contribution < 1.29 is 18.3 Å². The van der Waals surface area contributed by atoms with E-state index in [0.29, 0.717) is 17.7 Å². The Morgan fingerprint density at radius 3 is 2.70 bits per heavy atom. The molecule has 1 aliphatic heterocycles. The highest BCUT2D eigenvalue weighted by Crippen LogP contribution is 2.33. The minimum Gasteiger partial charge on any atom is -0.478 e. The molecule has 0 aliphatic carbocycles. The molecule has 0 bridgehead atoms. The highest BCUT2D eigenvalue weighted by molar-refractivity contribution is 7.92. The second kappa shape index (κ2) is 5.41. The van der Waals surface area contributed by atoms with Gasteiger partial charge in [-0.3, -0.25) is 4.31 Å². The van der Waals surface area contributed by atoms with Gasteiger partial charge >= 0.3 is 5.97 Å². The van der Waals surface area contributed by atoms with Crippen LogP contribution in [0.15, 0.2) is 47.4 Å². The Morgan fingerprint density at radius 1 is 1.22 bits per heavy atom. The topological polar surface area (TPSA) is 98.5 Å². The predicted octanol–water partition coefficient (Wildman–Crippen LogP) is 2.01. The van der Waals surface area contributed by atoms with E-state index in [0.717, 1.165) is 0 Å². The second-order valence-electron chi connectivity index (χ2n) is 5.12. The molecular formula is C16H12N2O4S. The van der Waals surface area contributed by atoms with Crippen molar-refractivity contribution in [2.24, 2.45) is 0 Å². The van der Waals surface area contributed by atoms with Gasteiger partial charge in [-0.1, -0.05) is 6.07 Å². The number of rotatable bonds is 3. The van der Waals surface area contributed by atoms with E-state index in [-0.39, 0.29) is 22.6 Å². The summed E-state index contributed by atoms with van der Waals surface area (Å²) in [6.45, 7) is 0.248. The van der Waals surface area contributed by atoms with Crippen LogP contribution in [0.2, 0.25) is 0 Å². The van der Waals surface area contributed by atoms with Crippen molar-refractivity contribution >= 4 is 21.7 Å². The van der Waals surface area contributed by atoms with Crippen molar-refractivity contribution in [2.45, 2.75) is 11.3 Å². The molecule has 116 valence electrons. The highest BCUT2D eigenvalue weighted by Gasteiger charge is 2.31. The number of hydrogen-bond acceptors (Lipinski definition) is 4. The summed E-state index contributed by atoms with van der Waals surface area (Å²) in [6, 6.07) is 12.2. The first kappa shape index (κ1) is 15.1. The van der Waals surface area contributed by atoms with Crippen LogP contribution in [0.1, 0.15) is 21.5 Å². The van der Waals surface area contributed by atoms with Crippen LogP contribution in [-0.2, 0) is 16.4 Å². The Kier molecular flexibility index (Phi) is 3.54. The van der Waals surface area contributed by atoms with Crippen LogP contribution in [0, 0.1) is 11.3 Å². The Bertz CT molecular complexity index is 945. The number of nitrogens with zero attached hydrogens (tertiary/aromatic N) is 2. The molecular weight excluding hydrogens is 316 g/mol. The number of nitriles is 1. The van der Waals surface area contributed by atoms with Gasteiger partial charge in [-0.25, -0.2) is 13.2 Å². The third kappa shape index (κ3) is 2.53. The van der Waals surface area contributed by atoms with Gasteiger partial charge in [0.2, 0.25) is 0 Å². The number of benzene rings is 2. The van der Waals surface area contributed by atoms with Crippen molar-refractivity contribution in [3.63, 3.8) is 0 Å². The van der Waals surface area contributed by atoms with Gasteiger partial charge in [0.25, 0.3) is 10.0 Å². The summed E-state index contributed by atoms with van der Waals surface area (Å²) in [5.74, 6) is -1.05. The average Bonchev–Trinajstić information content (AvgIpc) is 2.98. The normalized spacial score (nSPS) is 13.4. The molecule has 1 N–H and O–H groups in total. The number of carboxylic acids is 1. The van der Waals surface area contributed by atoms with Crippen LogP contribution in [0.3, 0.4) is 0 Å². The fraction of sp³-hybridized carbons (Fsp3) is 0.125. The fourth-order valence-corrected chi connectivity index (χ4v) is 4.16. The minimum absolute atomic E-state index is 0.0479. The maximum atomic E-state index is 12.8. The average molecular weight is 328 g/mol. The molecule has 0 radical (unpaired) electrons. The standard InChI is InChI=1S/C16H12N2O4S/c17-10-11-2-1-3-14(8-11)23(21,22)18-7-6-12-9-13(16(19)20)4-5-15(12)18/h1-5,8-9H,6-7H2,(H,19,20). The summed E-state index contributed by atoms with van der Waals surface area (Å²) in [5.41, 5.74) is 1.57. The van der Waals surface area contributed by atoms with Crippen molar-refractivity contribution in [1.29, 1.82) is 5.26 Å². The van der Waals surface area contributed by atoms with Crippen molar-refractivity contribution in [1.82, 2.24) is 0 Å². The molecule has 1 heterocycles. The van der Waals surface area contributed by atoms with Gasteiger partial charge in [-0.2, -0.15) is 5.26 Å². The molecule has 0 atom stereocenters. The molecule has 7 heteroatoms. The Hall–Kier alpha value is -2.85. The number of carbonyl (C=O) groups is 1. The van der Waals surface area contributed by atoms with Crippen LogP contribution in [0.4, 0.5) is 5.69 Å². The number of sulfonamides is 1. The predicted molar refractivity (Wildman–Crippen MR) is 82.8 cm³/mol. The van der Waals surface area contributed by atoms with Gasteiger partial charge in [0, 0.05) is 6.54 Å². The molecule has 23 heavy (non-hydrogen) atoms. The molecule has 0 aromatic heterocycles. The summed E-state index contributed by atoms with van der Waals surface area (Å²) < 4.78 is 26.8. The fourth-order valence-electron chi connectivity index (χ4n) is 2.61. The van der Waals surface area contributed by atoms with Crippen molar-refractivity contribution in [3.05, 3.63) is 59.2 Å². The quantitative estimate of drug-likeness (QED) is 0.929. The summed E-state index contributed by atoms with van der Waals surface area (Å²) >= 11 is 0. The van der Waals surface area contributed by atoms with E-state index in [4.69, 9.17) is 10.4 Å². The van der Waals surface area contributed by atoms with Gasteiger partial charge in [0.15, 0.2) is 0 Å². The van der Waals surface area contributed by atoms with E-state index in [9.17, 15) is 13.2 Å². The third-order valence-electron chi connectivity index (χ3n) is 3.73. The number of fused-ring (bicyclic) bond motifs is 1. The molecule has 0 saturated carbocycles. The zero-order chi connectivity index (χ0) is 16.6. The maximum Gasteiger partial charge on any atom is 0.335 e. The zero-order valence-electron chi connectivity index (χ0n) is 11.9.